The van der Waals surface area contributed by atoms with E-state index in [1.807, 2.05) is 12.1 Å². The van der Waals surface area contributed by atoms with E-state index < -0.39 is 0 Å². The van der Waals surface area contributed by atoms with Crippen molar-refractivity contribution in [3.8, 4) is 11.5 Å². The van der Waals surface area contributed by atoms with Crippen LogP contribution in [0.5, 0.6) is 11.5 Å². The summed E-state index contributed by atoms with van der Waals surface area (Å²) in [7, 11) is 0. The molecule has 2 heterocycles. The number of hydrogen-bond acceptors (Lipinski definition) is 4. The maximum Gasteiger partial charge on any atom is 0.153 e. The third kappa shape index (κ3) is 2.33. The molecule has 0 aliphatic carbocycles. The predicted molar refractivity (Wildman–Crippen MR) is 76.5 cm³/mol. The number of benzene rings is 1. The quantitative estimate of drug-likeness (QED) is 0.685. The summed E-state index contributed by atoms with van der Waals surface area (Å²) < 4.78 is 5.75. The second kappa shape index (κ2) is 5.27. The molecular formula is C15H9ClN2O2. The fourth-order valence-corrected chi connectivity index (χ4v) is 2.09. The lowest BCUT2D eigenvalue weighted by atomic mass is 10.2. The highest BCUT2D eigenvalue weighted by Crippen LogP contribution is 2.32. The number of pyridine rings is 2. The molecule has 0 aliphatic heterocycles. The minimum atomic E-state index is 0.453. The monoisotopic (exact) mass is 284 g/mol. The van der Waals surface area contributed by atoms with Gasteiger partial charge in [-0.3, -0.25) is 14.8 Å². The Labute approximate surface area is 120 Å². The number of aromatic nitrogens is 2. The molecule has 4 nitrogen and oxygen atoms in total. The van der Waals surface area contributed by atoms with Crippen molar-refractivity contribution >= 4 is 28.8 Å². The zero-order chi connectivity index (χ0) is 13.9. The number of carbonyl (C=O) groups is 1. The maximum atomic E-state index is 10.7. The highest BCUT2D eigenvalue weighted by molar-refractivity contribution is 6.35. The zero-order valence-electron chi connectivity index (χ0n) is 10.3. The van der Waals surface area contributed by atoms with Gasteiger partial charge in [0.25, 0.3) is 0 Å². The van der Waals surface area contributed by atoms with Gasteiger partial charge in [-0.2, -0.15) is 0 Å². The molecule has 0 fully saturated rings. The van der Waals surface area contributed by atoms with Gasteiger partial charge < -0.3 is 4.74 Å². The Bertz CT molecular complexity index is 790. The topological polar surface area (TPSA) is 52.1 Å². The van der Waals surface area contributed by atoms with Crippen molar-refractivity contribution in [2.24, 2.45) is 0 Å². The van der Waals surface area contributed by atoms with Crippen LogP contribution in [0, 0.1) is 0 Å². The van der Waals surface area contributed by atoms with Crippen molar-refractivity contribution in [3.63, 3.8) is 0 Å². The van der Waals surface area contributed by atoms with Crippen molar-refractivity contribution in [2.75, 3.05) is 0 Å². The third-order valence-corrected chi connectivity index (χ3v) is 3.11. The van der Waals surface area contributed by atoms with E-state index in [9.17, 15) is 4.79 Å². The molecule has 0 aliphatic rings. The number of aldehydes is 1. The summed E-state index contributed by atoms with van der Waals surface area (Å²) in [5.74, 6) is 1.04. The van der Waals surface area contributed by atoms with E-state index in [1.54, 1.807) is 24.4 Å². The van der Waals surface area contributed by atoms with Gasteiger partial charge in [0.05, 0.1) is 11.2 Å². The lowest BCUT2D eigenvalue weighted by Gasteiger charge is -2.09. The number of hydrogen-bond donors (Lipinski definition) is 0. The summed E-state index contributed by atoms with van der Waals surface area (Å²) in [6.45, 7) is 0. The Kier molecular flexibility index (Phi) is 3.31. The highest BCUT2D eigenvalue weighted by Gasteiger charge is 2.08. The van der Waals surface area contributed by atoms with Crippen LogP contribution in [-0.2, 0) is 0 Å². The average Bonchev–Trinajstić information content (AvgIpc) is 2.51. The molecule has 0 bridgehead atoms. The summed E-state index contributed by atoms with van der Waals surface area (Å²) >= 11 is 6.13. The van der Waals surface area contributed by atoms with Gasteiger partial charge in [0, 0.05) is 23.3 Å². The van der Waals surface area contributed by atoms with Gasteiger partial charge >= 0.3 is 0 Å². The summed E-state index contributed by atoms with van der Waals surface area (Å²) in [5.41, 5.74) is 1.12. The van der Waals surface area contributed by atoms with Gasteiger partial charge in [-0.1, -0.05) is 11.6 Å². The molecule has 1 aromatic carbocycles. The van der Waals surface area contributed by atoms with Crippen LogP contribution in [0.3, 0.4) is 0 Å². The van der Waals surface area contributed by atoms with Crippen LogP contribution < -0.4 is 4.74 Å². The SMILES string of the molecule is O=Cc1cncc(Oc2ccc(Cl)c3cccnc23)c1. The van der Waals surface area contributed by atoms with E-state index in [0.29, 0.717) is 27.6 Å². The molecule has 2 aromatic heterocycles. The molecule has 0 N–H and O–H groups in total. The van der Waals surface area contributed by atoms with E-state index in [4.69, 9.17) is 16.3 Å². The molecular weight excluding hydrogens is 276 g/mol. The first-order valence-corrected chi connectivity index (χ1v) is 6.27. The Balaban J connectivity index is 2.06. The Morgan fingerprint density at radius 1 is 1.20 bits per heavy atom. The first kappa shape index (κ1) is 12.6. The standard InChI is InChI=1S/C15H9ClN2O2/c16-13-3-4-14(15-12(13)2-1-5-18-15)20-11-6-10(9-19)7-17-8-11/h1-9H. The van der Waals surface area contributed by atoms with E-state index in [2.05, 4.69) is 9.97 Å². The molecule has 0 saturated carbocycles. The number of rotatable bonds is 3. The molecule has 3 rings (SSSR count). The smallest absolute Gasteiger partial charge is 0.153 e. The van der Waals surface area contributed by atoms with Crippen LogP contribution in [0.2, 0.25) is 5.02 Å². The molecule has 0 radical (unpaired) electrons. The number of carbonyl (C=O) groups excluding carboxylic acids is 1. The lowest BCUT2D eigenvalue weighted by molar-refractivity contribution is 0.112. The summed E-state index contributed by atoms with van der Waals surface area (Å²) in [6, 6.07) is 8.79. The maximum absolute atomic E-state index is 10.7. The van der Waals surface area contributed by atoms with E-state index in [-0.39, 0.29) is 0 Å². The summed E-state index contributed by atoms with van der Waals surface area (Å²) in [5, 5.41) is 1.42. The average molecular weight is 285 g/mol. The molecule has 5 heteroatoms. The molecule has 98 valence electrons. The number of nitrogens with zero attached hydrogens (tertiary/aromatic N) is 2. The normalized spacial score (nSPS) is 10.4. The van der Waals surface area contributed by atoms with Crippen LogP contribution >= 0.6 is 11.6 Å². The fourth-order valence-electron chi connectivity index (χ4n) is 1.88. The van der Waals surface area contributed by atoms with E-state index in [1.165, 1.54) is 12.4 Å². The van der Waals surface area contributed by atoms with Crippen LogP contribution in [0.15, 0.2) is 48.9 Å². The van der Waals surface area contributed by atoms with Gasteiger partial charge in [0.2, 0.25) is 0 Å². The van der Waals surface area contributed by atoms with Crippen molar-refractivity contribution in [3.05, 3.63) is 59.5 Å². The Morgan fingerprint density at radius 3 is 2.95 bits per heavy atom. The van der Waals surface area contributed by atoms with Crippen LogP contribution in [0.4, 0.5) is 0 Å². The summed E-state index contributed by atoms with van der Waals surface area (Å²) in [6.07, 6.45) is 5.40. The molecule has 3 aromatic rings. The van der Waals surface area contributed by atoms with Gasteiger partial charge in [-0.05, 0) is 30.3 Å². The van der Waals surface area contributed by atoms with Gasteiger partial charge in [-0.25, -0.2) is 0 Å². The number of halogens is 1. The fraction of sp³-hybridized carbons (Fsp3) is 0. The van der Waals surface area contributed by atoms with E-state index >= 15 is 0 Å². The molecule has 20 heavy (non-hydrogen) atoms. The largest absolute Gasteiger partial charge is 0.453 e. The minimum Gasteiger partial charge on any atom is -0.453 e. The second-order valence-corrected chi connectivity index (χ2v) is 4.53. The number of ether oxygens (including phenoxy) is 1. The molecule has 0 unspecified atom stereocenters. The predicted octanol–water partition coefficient (Wildman–Crippen LogP) is 3.89. The third-order valence-electron chi connectivity index (χ3n) is 2.78. The van der Waals surface area contributed by atoms with Crippen LogP contribution in [0.1, 0.15) is 10.4 Å². The van der Waals surface area contributed by atoms with Gasteiger partial charge in [0.15, 0.2) is 12.0 Å². The minimum absolute atomic E-state index is 0.453. The first-order valence-electron chi connectivity index (χ1n) is 5.89. The van der Waals surface area contributed by atoms with Crippen molar-refractivity contribution in [1.29, 1.82) is 0 Å². The van der Waals surface area contributed by atoms with Crippen molar-refractivity contribution in [1.82, 2.24) is 9.97 Å². The van der Waals surface area contributed by atoms with Crippen LogP contribution in [-0.4, -0.2) is 16.3 Å². The molecule has 0 atom stereocenters. The number of fused-ring (bicyclic) bond motifs is 1. The van der Waals surface area contributed by atoms with Gasteiger partial charge in [-0.15, -0.1) is 0 Å². The molecule has 0 spiro atoms. The van der Waals surface area contributed by atoms with E-state index in [0.717, 1.165) is 11.7 Å². The highest BCUT2D eigenvalue weighted by atomic mass is 35.5. The molecule has 0 amide bonds. The first-order chi connectivity index (χ1) is 9.78. The lowest BCUT2D eigenvalue weighted by Crippen LogP contribution is -1.91. The Hall–Kier alpha value is -2.46. The molecule has 0 saturated heterocycles. The van der Waals surface area contributed by atoms with Gasteiger partial charge in [0.1, 0.15) is 11.3 Å². The van der Waals surface area contributed by atoms with Crippen molar-refractivity contribution < 1.29 is 9.53 Å². The Morgan fingerprint density at radius 2 is 2.10 bits per heavy atom. The second-order valence-electron chi connectivity index (χ2n) is 4.12. The summed E-state index contributed by atoms with van der Waals surface area (Å²) in [4.78, 5) is 19.0. The van der Waals surface area contributed by atoms with Crippen molar-refractivity contribution in [2.45, 2.75) is 0 Å². The van der Waals surface area contributed by atoms with Crippen LogP contribution in [0.25, 0.3) is 10.9 Å². The zero-order valence-corrected chi connectivity index (χ0v) is 11.0.